The summed E-state index contributed by atoms with van der Waals surface area (Å²) < 4.78 is 39.4. The Bertz CT molecular complexity index is 1690. The van der Waals surface area contributed by atoms with Crippen molar-refractivity contribution < 1.29 is 17.7 Å². The van der Waals surface area contributed by atoms with Crippen LogP contribution in [-0.4, -0.2) is 29.6 Å². The zero-order valence-corrected chi connectivity index (χ0v) is 22.6. The number of hydrogen-bond acceptors (Lipinski definition) is 4. The first kappa shape index (κ1) is 25.0. The van der Waals surface area contributed by atoms with Crippen molar-refractivity contribution in [3.63, 3.8) is 0 Å². The largest absolute Gasteiger partial charge is 0.497 e. The van der Waals surface area contributed by atoms with Gasteiger partial charge in [-0.15, -0.1) is 0 Å². The fraction of sp³-hybridized carbons (Fsp3) is 0.161. The second-order valence-corrected chi connectivity index (χ2v) is 11.5. The molecule has 1 aromatic heterocycles. The molecule has 0 radical (unpaired) electrons. The van der Waals surface area contributed by atoms with Gasteiger partial charge in [-0.3, -0.25) is 0 Å². The quantitative estimate of drug-likeness (QED) is 0.286. The molecule has 39 heavy (non-hydrogen) atoms. The Morgan fingerprint density at radius 2 is 1.44 bits per heavy atom. The molecule has 196 valence electrons. The molecular formula is C31H29N4O3S+. The highest BCUT2D eigenvalue weighted by Gasteiger charge is 2.47. The van der Waals surface area contributed by atoms with Gasteiger partial charge < -0.3 is 4.74 Å². The van der Waals surface area contributed by atoms with Gasteiger partial charge in [-0.25, -0.2) is 13.0 Å². The van der Waals surface area contributed by atoms with Gasteiger partial charge in [-0.05, 0) is 54.4 Å². The van der Waals surface area contributed by atoms with Gasteiger partial charge in [-0.1, -0.05) is 83.0 Å². The van der Waals surface area contributed by atoms with Gasteiger partial charge >= 0.3 is 0 Å². The van der Waals surface area contributed by atoms with E-state index in [2.05, 4.69) is 4.57 Å². The van der Waals surface area contributed by atoms with E-state index in [0.29, 0.717) is 5.82 Å². The van der Waals surface area contributed by atoms with Gasteiger partial charge in [0.1, 0.15) is 24.0 Å². The van der Waals surface area contributed by atoms with Crippen molar-refractivity contribution in [3.8, 4) is 11.4 Å². The number of nitrogens with zero attached hydrogens (tertiary/aromatic N) is 4. The first-order chi connectivity index (χ1) is 19.0. The minimum Gasteiger partial charge on any atom is -0.497 e. The zero-order valence-electron chi connectivity index (χ0n) is 21.8. The molecule has 0 saturated heterocycles. The third-order valence-electron chi connectivity index (χ3n) is 7.21. The van der Waals surface area contributed by atoms with Crippen LogP contribution in [0.2, 0.25) is 0 Å². The average molecular weight is 538 g/mol. The minimum atomic E-state index is -3.87. The van der Waals surface area contributed by atoms with Crippen LogP contribution in [0.5, 0.6) is 5.75 Å². The van der Waals surface area contributed by atoms with Crippen LogP contribution in [0.4, 0.5) is 0 Å². The first-order valence-electron chi connectivity index (χ1n) is 12.8. The molecule has 7 nitrogen and oxygen atoms in total. The van der Waals surface area contributed by atoms with E-state index in [9.17, 15) is 8.42 Å². The zero-order chi connectivity index (χ0) is 27.0. The molecule has 0 saturated carbocycles. The average Bonchev–Trinajstić information content (AvgIpc) is 3.41. The van der Waals surface area contributed by atoms with Crippen LogP contribution >= 0.6 is 0 Å². The lowest BCUT2D eigenvalue weighted by atomic mass is 9.91. The number of rotatable bonds is 6. The summed E-state index contributed by atoms with van der Waals surface area (Å²) in [6.45, 7) is 2.08. The van der Waals surface area contributed by atoms with Gasteiger partial charge in [0.2, 0.25) is 16.4 Å². The van der Waals surface area contributed by atoms with Crippen molar-refractivity contribution in [3.05, 3.63) is 138 Å². The minimum absolute atomic E-state index is 0.127. The van der Waals surface area contributed by atoms with Crippen LogP contribution in [0.3, 0.4) is 0 Å². The van der Waals surface area contributed by atoms with Crippen molar-refractivity contribution in [2.75, 3.05) is 7.11 Å². The second kappa shape index (κ2) is 10.1. The third-order valence-corrected chi connectivity index (χ3v) is 9.05. The molecule has 0 spiro atoms. The Labute approximate surface area is 228 Å². The Morgan fingerprint density at radius 3 is 2.05 bits per heavy atom. The lowest BCUT2D eigenvalue weighted by Gasteiger charge is -2.38. The molecular weight excluding hydrogens is 508 g/mol. The van der Waals surface area contributed by atoms with E-state index in [4.69, 9.17) is 9.84 Å². The Hall–Kier alpha value is -4.27. The monoisotopic (exact) mass is 537 g/mol. The molecule has 0 N–H and O–H groups in total. The summed E-state index contributed by atoms with van der Waals surface area (Å²) in [5, 5.41) is 4.88. The van der Waals surface area contributed by atoms with Crippen molar-refractivity contribution in [1.82, 2.24) is 14.1 Å². The summed E-state index contributed by atoms with van der Waals surface area (Å²) in [6, 6.07) is 33.7. The fourth-order valence-electron chi connectivity index (χ4n) is 5.21. The van der Waals surface area contributed by atoms with Crippen molar-refractivity contribution >= 4 is 10.0 Å². The molecule has 8 heteroatoms. The number of aromatic nitrogens is 3. The first-order valence-corrected chi connectivity index (χ1v) is 14.2. The van der Waals surface area contributed by atoms with Crippen LogP contribution in [0.15, 0.2) is 120 Å². The second-order valence-electron chi connectivity index (χ2n) is 9.66. The van der Waals surface area contributed by atoms with E-state index in [1.54, 1.807) is 28.2 Å². The Morgan fingerprint density at radius 1 is 0.821 bits per heavy atom. The molecule has 4 aromatic carbocycles. The number of methoxy groups -OCH3 is 1. The number of aryl methyl sites for hydroxylation is 1. The highest BCUT2D eigenvalue weighted by atomic mass is 32.2. The number of hydrogen-bond donors (Lipinski definition) is 0. The molecule has 2 heterocycles. The van der Waals surface area contributed by atoms with Gasteiger partial charge in [0.05, 0.1) is 18.0 Å². The molecule has 0 amide bonds. The highest BCUT2D eigenvalue weighted by Crippen LogP contribution is 2.41. The Balaban J connectivity index is 1.56. The molecule has 0 fully saturated rings. The third kappa shape index (κ3) is 4.62. The number of fused-ring (bicyclic) bond motifs is 1. The van der Waals surface area contributed by atoms with Crippen LogP contribution in [0, 0.1) is 6.92 Å². The maximum absolute atomic E-state index is 14.3. The summed E-state index contributed by atoms with van der Waals surface area (Å²) in [5.41, 5.74) is 3.77. The maximum Gasteiger partial charge on any atom is 0.293 e. The molecule has 0 unspecified atom stereocenters. The SMILES string of the molecule is COc1ccc(-n2c[n+]3c(n2)CN(S(=O)(=O)c2ccc(C)cc2)[C@H](c2ccccc2)[C@H]3c2ccccc2)cc1. The molecule has 6 rings (SSSR count). The van der Waals surface area contributed by atoms with Gasteiger partial charge in [-0.2, -0.15) is 4.31 Å². The molecule has 1 aliphatic rings. The summed E-state index contributed by atoms with van der Waals surface area (Å²) in [6.07, 6.45) is 1.96. The Kier molecular flexibility index (Phi) is 6.50. The van der Waals surface area contributed by atoms with Crippen LogP contribution in [-0.2, 0) is 16.6 Å². The highest BCUT2D eigenvalue weighted by molar-refractivity contribution is 7.89. The maximum atomic E-state index is 14.3. The van der Waals surface area contributed by atoms with Crippen molar-refractivity contribution in [2.24, 2.45) is 0 Å². The number of benzene rings is 4. The predicted molar refractivity (Wildman–Crippen MR) is 148 cm³/mol. The standard InChI is InChI=1S/C31H29N4O3S/c1-23-13-19-28(20-14-23)39(36,37)35-21-29-32-34(26-15-17-27(38-2)18-16-26)22-33(29)30(24-9-5-3-6-10-24)31(35)25-11-7-4-8-12-25/h3-20,22,30-31H,21H2,1-2H3/q+1/t30-,31-/m1/s1. The summed E-state index contributed by atoms with van der Waals surface area (Å²) in [4.78, 5) is 0.267. The summed E-state index contributed by atoms with van der Waals surface area (Å²) in [7, 11) is -2.24. The molecule has 0 bridgehead atoms. The van der Waals surface area contributed by atoms with Crippen molar-refractivity contribution in [2.45, 2.75) is 30.4 Å². The smallest absolute Gasteiger partial charge is 0.293 e. The van der Waals surface area contributed by atoms with E-state index in [1.807, 2.05) is 110 Å². The topological polar surface area (TPSA) is 68.3 Å². The van der Waals surface area contributed by atoms with Crippen molar-refractivity contribution in [1.29, 1.82) is 0 Å². The van der Waals surface area contributed by atoms with Gasteiger partial charge in [0.25, 0.3) is 5.82 Å². The molecule has 0 aliphatic carbocycles. The summed E-state index contributed by atoms with van der Waals surface area (Å²) >= 11 is 0. The lowest BCUT2D eigenvalue weighted by molar-refractivity contribution is -0.734. The van der Waals surface area contributed by atoms with Crippen LogP contribution < -0.4 is 9.30 Å². The van der Waals surface area contributed by atoms with E-state index in [1.165, 1.54) is 0 Å². The van der Waals surface area contributed by atoms with Crippen LogP contribution in [0.25, 0.3) is 5.69 Å². The normalized spacial score (nSPS) is 17.5. The molecule has 1 aliphatic heterocycles. The molecule has 2 atom stereocenters. The summed E-state index contributed by atoms with van der Waals surface area (Å²) in [5.74, 6) is 1.41. The van der Waals surface area contributed by atoms with Gasteiger partial charge in [0.15, 0.2) is 0 Å². The lowest BCUT2D eigenvalue weighted by Crippen LogP contribution is -2.56. The van der Waals surface area contributed by atoms with E-state index >= 15 is 0 Å². The van der Waals surface area contributed by atoms with Crippen LogP contribution in [0.1, 0.15) is 34.6 Å². The van der Waals surface area contributed by atoms with E-state index < -0.39 is 16.1 Å². The number of sulfonamides is 1. The van der Waals surface area contributed by atoms with E-state index in [0.717, 1.165) is 28.1 Å². The predicted octanol–water partition coefficient (Wildman–Crippen LogP) is 5.01. The fourth-order valence-corrected chi connectivity index (χ4v) is 6.78. The molecule has 5 aromatic rings. The van der Waals surface area contributed by atoms with E-state index in [-0.39, 0.29) is 17.5 Å². The number of ether oxygens (including phenoxy) is 1. The van der Waals surface area contributed by atoms with Gasteiger partial charge in [0, 0.05) is 5.10 Å².